The molecule has 0 aliphatic carbocycles. The second kappa shape index (κ2) is 44.7. The average molecular weight is 1100 g/mol. The summed E-state index contributed by atoms with van der Waals surface area (Å²) in [6, 6.07) is 0. The minimum Gasteiger partial charge on any atom is -0.857 e. The summed E-state index contributed by atoms with van der Waals surface area (Å²) in [5, 5.41) is 0. The molecule has 0 aliphatic rings. The molecular weight excluding hydrogens is 1100 g/mol. The van der Waals surface area contributed by atoms with E-state index in [1.165, 1.54) is 0 Å². The number of hydrogen-bond donors (Lipinski definition) is 0. The van der Waals surface area contributed by atoms with Crippen LogP contribution in [0, 0.1) is 0 Å². The first-order valence-corrected chi connectivity index (χ1v) is 14.4. The number of rotatable bonds is 0. The minimum absolute atomic E-state index is 0. The largest absolute Gasteiger partial charge is 2.00 e. The zero-order chi connectivity index (χ0) is 27.0. The van der Waals surface area contributed by atoms with E-state index >= 15 is 0 Å². The van der Waals surface area contributed by atoms with Crippen LogP contribution in [-0.2, 0) is 148 Å². The van der Waals surface area contributed by atoms with Gasteiger partial charge in [-0.3, -0.25) is 0 Å². The van der Waals surface area contributed by atoms with E-state index in [1.54, 1.807) is 0 Å². The maximum Gasteiger partial charge on any atom is 2.00 e. The average Bonchev–Trinajstić information content (AvgIpc) is 1.94. The predicted octanol–water partition coefficient (Wildman–Crippen LogP) is -21.2. The molecule has 0 aromatic rings. The van der Waals surface area contributed by atoms with Gasteiger partial charge in [0, 0.05) is 0 Å². The van der Waals surface area contributed by atoms with Gasteiger partial charge in [-0.2, -0.15) is 0 Å². The second-order valence-electron chi connectivity index (χ2n) is 2.89. The number of halogens is 6. The minimum atomic E-state index is -5.86. The smallest absolute Gasteiger partial charge is 0.857 e. The van der Waals surface area contributed by atoms with Gasteiger partial charge in [0.05, 0.1) is 0 Å². The first kappa shape index (κ1) is 96.7. The van der Waals surface area contributed by atoms with Gasteiger partial charge in [0.25, 0.3) is 0 Å². The first-order chi connectivity index (χ1) is 12.0. The maximum atomic E-state index is 10.2. The summed E-state index contributed by atoms with van der Waals surface area (Å²) >= 11 is 0. The Morgan fingerprint density at radius 1 is 0.179 bits per heavy atom. The molecule has 0 spiro atoms. The van der Waals surface area contributed by atoms with Crippen molar-refractivity contribution >= 4 is 54.8 Å². The summed E-state index contributed by atoms with van der Waals surface area (Å²) in [7, 11) is -35.2. The Morgan fingerprint density at radius 2 is 0.179 bits per heavy atom. The topological polar surface area (TPSA) is 415 Å². The summed E-state index contributed by atoms with van der Waals surface area (Å²) in [6.07, 6.45) is 0. The van der Waals surface area contributed by atoms with Crippen molar-refractivity contribution in [2.75, 3.05) is 0 Å². The van der Waals surface area contributed by atoms with Crippen LogP contribution in [0.15, 0.2) is 0 Å². The van der Waals surface area contributed by atoms with Crippen molar-refractivity contribution in [3.05, 3.63) is 0 Å². The molecule has 0 aromatic heterocycles. The fourth-order valence-corrected chi connectivity index (χ4v) is 0. The van der Waals surface area contributed by atoms with E-state index in [4.69, 9.17) is 86.3 Å². The van der Waals surface area contributed by atoms with Gasteiger partial charge < -0.3 is 111 Å². The van der Waals surface area contributed by atoms with Gasteiger partial charge in [0.15, 0.2) is 0 Å². The molecule has 18 nitrogen and oxygen atoms in total. The molecule has 39 heteroatoms. The van der Waals surface area contributed by atoms with Crippen molar-refractivity contribution in [3.8, 4) is 0 Å². The second-order valence-corrected chi connectivity index (χ2v) is 8.67. The van der Waals surface area contributed by atoms with Gasteiger partial charge in [-0.05, 0) is 0 Å². The molecule has 0 saturated carbocycles. The van der Waals surface area contributed by atoms with Crippen molar-refractivity contribution in [3.63, 3.8) is 0 Å². The summed E-state index contributed by atoms with van der Waals surface area (Å²) < 4.78 is 61.0. The molecule has 0 saturated heterocycles. The molecule has 39 heavy (non-hydrogen) atoms. The standard InChI is InChI=1S/6FO3Si.9Ni/c6*1-5(2,3)4;;;;;;;;;/q6*-3;9*+2. The van der Waals surface area contributed by atoms with E-state index in [0.717, 1.165) is 0 Å². The first-order valence-electron chi connectivity index (χ1n) is 4.81. The van der Waals surface area contributed by atoms with Crippen LogP contribution < -0.4 is 86.3 Å². The van der Waals surface area contributed by atoms with E-state index < -0.39 is 54.8 Å². The predicted molar refractivity (Wildman–Crippen MR) is 41.2 cm³/mol. The van der Waals surface area contributed by atoms with Crippen LogP contribution in [0.4, 0.5) is 24.6 Å². The van der Waals surface area contributed by atoms with Crippen molar-refractivity contribution in [1.82, 2.24) is 0 Å². The molecule has 0 N–H and O–H groups in total. The summed E-state index contributed by atoms with van der Waals surface area (Å²) in [5.41, 5.74) is 0. The molecule has 264 valence electrons. The fourth-order valence-electron chi connectivity index (χ4n) is 0. The van der Waals surface area contributed by atoms with E-state index in [2.05, 4.69) is 0 Å². The Hall–Kier alpha value is 4.60. The van der Waals surface area contributed by atoms with Crippen LogP contribution in [0.1, 0.15) is 0 Å². The van der Waals surface area contributed by atoms with Crippen LogP contribution >= 0.6 is 0 Å². The monoisotopic (exact) mass is 1090 g/mol. The third-order valence-electron chi connectivity index (χ3n) is 0. The molecule has 0 unspecified atom stereocenters. The van der Waals surface area contributed by atoms with Crippen molar-refractivity contribution < 1.29 is 259 Å². The Balaban J connectivity index is -0.0000000130. The molecule has 0 fully saturated rings. The van der Waals surface area contributed by atoms with Gasteiger partial charge in [-0.1, -0.05) is 54.8 Å². The summed E-state index contributed by atoms with van der Waals surface area (Å²) in [6.45, 7) is 0. The third kappa shape index (κ3) is 3320. The molecule has 0 aliphatic heterocycles. The third-order valence-corrected chi connectivity index (χ3v) is 0. The van der Waals surface area contributed by atoms with Crippen LogP contribution in [0.2, 0.25) is 0 Å². The molecule has 0 bridgehead atoms. The van der Waals surface area contributed by atoms with Crippen LogP contribution in [-0.4, -0.2) is 54.8 Å². The van der Waals surface area contributed by atoms with Crippen molar-refractivity contribution in [2.45, 2.75) is 0 Å². The van der Waals surface area contributed by atoms with Gasteiger partial charge >= 0.3 is 148 Å². The summed E-state index contributed by atoms with van der Waals surface area (Å²) in [4.78, 5) is 152. The Kier molecular flexibility index (Phi) is 111. The van der Waals surface area contributed by atoms with E-state index in [-0.39, 0.29) is 148 Å². The Bertz CT molecular complexity index is 258. The van der Waals surface area contributed by atoms with E-state index in [0.29, 0.717) is 0 Å². The van der Waals surface area contributed by atoms with Gasteiger partial charge in [-0.25, -0.2) is 0 Å². The van der Waals surface area contributed by atoms with E-state index in [9.17, 15) is 24.6 Å². The SMILES string of the molecule is [Ni+2].[Ni+2].[Ni+2].[Ni+2].[Ni+2].[Ni+2].[Ni+2].[Ni+2].[Ni+2].[O-][Si]([O-])([O-])F.[O-][Si]([O-])([O-])F.[O-][Si]([O-])([O-])F.[O-][Si]([O-])([O-])F.[O-][Si]([O-])([O-])F.[O-][Si]([O-])([O-])F. The molecule has 0 radical (unpaired) electrons. The molecule has 0 amide bonds. The van der Waals surface area contributed by atoms with Crippen molar-refractivity contribution in [2.24, 2.45) is 0 Å². The molecular formula is F6Ni9O18Si6. The normalized spacial score (nSPS) is 9.23. The molecule has 0 atom stereocenters. The van der Waals surface area contributed by atoms with Crippen molar-refractivity contribution in [1.29, 1.82) is 0 Å². The zero-order valence-electron chi connectivity index (χ0n) is 15.5. The molecule has 0 heterocycles. The summed E-state index contributed by atoms with van der Waals surface area (Å²) in [5.74, 6) is 0. The Morgan fingerprint density at radius 3 is 0.179 bits per heavy atom. The van der Waals surface area contributed by atoms with Gasteiger partial charge in [0.1, 0.15) is 0 Å². The van der Waals surface area contributed by atoms with Gasteiger partial charge in [-0.15, -0.1) is 0 Å². The quantitative estimate of drug-likeness (QED) is 0.123. The van der Waals surface area contributed by atoms with Gasteiger partial charge in [0.2, 0.25) is 0 Å². The number of hydrogen-bond acceptors (Lipinski definition) is 18. The van der Waals surface area contributed by atoms with Crippen LogP contribution in [0.25, 0.3) is 0 Å². The van der Waals surface area contributed by atoms with E-state index in [1.807, 2.05) is 0 Å². The molecule has 0 rings (SSSR count). The van der Waals surface area contributed by atoms with Crippen LogP contribution in [0.3, 0.4) is 0 Å². The Labute approximate surface area is 311 Å². The zero-order valence-corrected chi connectivity index (χ0v) is 30.4. The van der Waals surface area contributed by atoms with Crippen LogP contribution in [0.5, 0.6) is 0 Å². The molecule has 0 aromatic carbocycles. The maximum absolute atomic E-state index is 10.2. The fraction of sp³-hybridized carbons (Fsp3) is 0.